The van der Waals surface area contributed by atoms with E-state index in [2.05, 4.69) is 34.6 Å². The zero-order chi connectivity index (χ0) is 41.2. The second-order valence-corrected chi connectivity index (χ2v) is 17.8. The number of carbonyl (C=O) groups excluding carboxylic acids is 3. The van der Waals surface area contributed by atoms with Crippen LogP contribution in [0.15, 0.2) is 0 Å². The van der Waals surface area contributed by atoms with E-state index >= 15 is 0 Å². The lowest BCUT2D eigenvalue weighted by Gasteiger charge is -2.18. The topological polar surface area (TPSA) is 78.9 Å². The second kappa shape index (κ2) is 43.0. The Balaban J connectivity index is 4.24. The summed E-state index contributed by atoms with van der Waals surface area (Å²) in [4.78, 5) is 37.8. The Morgan fingerprint density at radius 1 is 0.375 bits per heavy atom. The highest BCUT2D eigenvalue weighted by Gasteiger charge is 2.19. The molecule has 0 aromatic heterocycles. The molecule has 0 bridgehead atoms. The molecular formula is C50H96O6. The molecule has 0 aliphatic heterocycles. The van der Waals surface area contributed by atoms with Gasteiger partial charge < -0.3 is 14.2 Å². The van der Waals surface area contributed by atoms with E-state index < -0.39 is 6.10 Å². The molecule has 0 aromatic rings. The summed E-state index contributed by atoms with van der Waals surface area (Å²) in [6, 6.07) is 0. The van der Waals surface area contributed by atoms with Crippen molar-refractivity contribution in [1.82, 2.24) is 0 Å². The van der Waals surface area contributed by atoms with E-state index in [1.165, 1.54) is 161 Å². The number of hydrogen-bond donors (Lipinski definition) is 0. The molecule has 332 valence electrons. The molecule has 0 aliphatic rings. The lowest BCUT2D eigenvalue weighted by molar-refractivity contribution is -0.167. The van der Waals surface area contributed by atoms with Gasteiger partial charge in [-0.3, -0.25) is 14.4 Å². The van der Waals surface area contributed by atoms with Crippen molar-refractivity contribution in [1.29, 1.82) is 0 Å². The zero-order valence-electron chi connectivity index (χ0n) is 38.3. The number of unbranched alkanes of at least 4 members (excludes halogenated alkanes) is 28. The van der Waals surface area contributed by atoms with Crippen molar-refractivity contribution in [2.75, 3.05) is 13.2 Å². The molecule has 0 N–H and O–H groups in total. The van der Waals surface area contributed by atoms with Gasteiger partial charge in [-0.05, 0) is 31.1 Å². The summed E-state index contributed by atoms with van der Waals surface area (Å²) >= 11 is 0. The highest BCUT2D eigenvalue weighted by molar-refractivity contribution is 5.71. The minimum Gasteiger partial charge on any atom is -0.462 e. The van der Waals surface area contributed by atoms with Gasteiger partial charge in [-0.15, -0.1) is 0 Å². The first kappa shape index (κ1) is 54.4. The van der Waals surface area contributed by atoms with Crippen molar-refractivity contribution in [2.45, 2.75) is 278 Å². The number of carbonyl (C=O) groups is 3. The average Bonchev–Trinajstić information content (AvgIpc) is 3.18. The van der Waals surface area contributed by atoms with Gasteiger partial charge in [0.25, 0.3) is 0 Å². The normalized spacial score (nSPS) is 12.5. The summed E-state index contributed by atoms with van der Waals surface area (Å²) in [5.41, 5.74) is 0. The number of ether oxygens (including phenoxy) is 3. The van der Waals surface area contributed by atoms with Crippen molar-refractivity contribution in [3.8, 4) is 0 Å². The Morgan fingerprint density at radius 2 is 0.679 bits per heavy atom. The van der Waals surface area contributed by atoms with Crippen LogP contribution in [0.1, 0.15) is 272 Å². The van der Waals surface area contributed by atoms with E-state index in [9.17, 15) is 14.4 Å². The minimum atomic E-state index is -0.762. The largest absolute Gasteiger partial charge is 0.462 e. The Labute approximate surface area is 348 Å². The Bertz CT molecular complexity index is 856. The van der Waals surface area contributed by atoms with Crippen LogP contribution in [0, 0.1) is 11.8 Å². The molecule has 0 rings (SSSR count). The summed E-state index contributed by atoms with van der Waals surface area (Å²) < 4.78 is 16.7. The van der Waals surface area contributed by atoms with Crippen LogP contribution in [-0.2, 0) is 28.6 Å². The third-order valence-electron chi connectivity index (χ3n) is 11.6. The van der Waals surface area contributed by atoms with Gasteiger partial charge in [-0.2, -0.15) is 0 Å². The molecule has 0 aromatic carbocycles. The van der Waals surface area contributed by atoms with Crippen molar-refractivity contribution in [2.24, 2.45) is 11.8 Å². The Hall–Kier alpha value is -1.59. The molecule has 6 heteroatoms. The highest BCUT2D eigenvalue weighted by atomic mass is 16.6. The van der Waals surface area contributed by atoms with Crippen LogP contribution in [0.4, 0.5) is 0 Å². The van der Waals surface area contributed by atoms with E-state index in [0.29, 0.717) is 19.3 Å². The molecule has 0 amide bonds. The van der Waals surface area contributed by atoms with Gasteiger partial charge in [0.2, 0.25) is 0 Å². The van der Waals surface area contributed by atoms with E-state index in [-0.39, 0.29) is 31.1 Å². The van der Waals surface area contributed by atoms with Crippen LogP contribution >= 0.6 is 0 Å². The fourth-order valence-corrected chi connectivity index (χ4v) is 7.43. The first-order chi connectivity index (χ1) is 27.3. The number of rotatable bonds is 44. The predicted molar refractivity (Wildman–Crippen MR) is 238 cm³/mol. The molecule has 2 atom stereocenters. The maximum absolute atomic E-state index is 12.7. The molecule has 0 radical (unpaired) electrons. The lowest BCUT2D eigenvalue weighted by atomic mass is 10.00. The van der Waals surface area contributed by atoms with E-state index in [1.54, 1.807) is 0 Å². The van der Waals surface area contributed by atoms with Gasteiger partial charge in [0.05, 0.1) is 0 Å². The maximum Gasteiger partial charge on any atom is 0.306 e. The van der Waals surface area contributed by atoms with Gasteiger partial charge in [0, 0.05) is 19.3 Å². The SMILES string of the molecule is CCCCCCCCCCCCCCCCCCCCC(=O)OC[C@@H](COC(=O)CCCCCCCCC(C)CC)OC(=O)CCCCCCCCCC(C)C. The van der Waals surface area contributed by atoms with Crippen molar-refractivity contribution < 1.29 is 28.6 Å². The third-order valence-corrected chi connectivity index (χ3v) is 11.6. The predicted octanol–water partition coefficient (Wildman–Crippen LogP) is 15.8. The van der Waals surface area contributed by atoms with E-state index in [0.717, 1.165) is 69.6 Å². The highest BCUT2D eigenvalue weighted by Crippen LogP contribution is 2.17. The van der Waals surface area contributed by atoms with E-state index in [4.69, 9.17) is 14.2 Å². The molecule has 0 saturated carbocycles. The summed E-state index contributed by atoms with van der Waals surface area (Å²) in [5.74, 6) is 0.733. The molecular weight excluding hydrogens is 697 g/mol. The molecule has 0 aliphatic carbocycles. The van der Waals surface area contributed by atoms with Crippen LogP contribution in [0.25, 0.3) is 0 Å². The average molecular weight is 793 g/mol. The fraction of sp³-hybridized carbons (Fsp3) is 0.940. The van der Waals surface area contributed by atoms with Crippen LogP contribution in [0.2, 0.25) is 0 Å². The fourth-order valence-electron chi connectivity index (χ4n) is 7.43. The molecule has 0 heterocycles. The molecule has 0 spiro atoms. The summed E-state index contributed by atoms with van der Waals surface area (Å²) in [7, 11) is 0. The van der Waals surface area contributed by atoms with Gasteiger partial charge in [-0.1, -0.05) is 234 Å². The van der Waals surface area contributed by atoms with Crippen molar-refractivity contribution in [3.05, 3.63) is 0 Å². The zero-order valence-corrected chi connectivity index (χ0v) is 38.3. The van der Waals surface area contributed by atoms with Gasteiger partial charge in [0.15, 0.2) is 6.10 Å². The molecule has 0 saturated heterocycles. The molecule has 0 fully saturated rings. The first-order valence-corrected chi connectivity index (χ1v) is 24.8. The summed E-state index contributed by atoms with van der Waals surface area (Å²) in [5, 5.41) is 0. The lowest BCUT2D eigenvalue weighted by Crippen LogP contribution is -2.30. The Kier molecular flexibility index (Phi) is 41.8. The van der Waals surface area contributed by atoms with E-state index in [1.807, 2.05) is 0 Å². The van der Waals surface area contributed by atoms with Gasteiger partial charge >= 0.3 is 17.9 Å². The molecule has 6 nitrogen and oxygen atoms in total. The first-order valence-electron chi connectivity index (χ1n) is 24.8. The molecule has 56 heavy (non-hydrogen) atoms. The van der Waals surface area contributed by atoms with Gasteiger partial charge in [0.1, 0.15) is 13.2 Å². The Morgan fingerprint density at radius 3 is 1.02 bits per heavy atom. The van der Waals surface area contributed by atoms with Crippen LogP contribution in [0.5, 0.6) is 0 Å². The standard InChI is InChI=1S/C50H96O6/c1-6-8-9-10-11-12-13-14-15-16-17-18-19-20-21-24-30-35-40-48(51)54-43-47(56-50(53)42-37-32-25-22-23-28-33-38-45(3)4)44-55-49(52)41-36-31-27-26-29-34-39-46(5)7-2/h45-47H,6-44H2,1-5H3/t46?,47-/m0/s1. The van der Waals surface area contributed by atoms with Crippen molar-refractivity contribution >= 4 is 17.9 Å². The number of esters is 3. The third kappa shape index (κ3) is 42.0. The quantitative estimate of drug-likeness (QED) is 0.0347. The van der Waals surface area contributed by atoms with Crippen molar-refractivity contribution in [3.63, 3.8) is 0 Å². The smallest absolute Gasteiger partial charge is 0.306 e. The van der Waals surface area contributed by atoms with Crippen LogP contribution in [-0.4, -0.2) is 37.2 Å². The minimum absolute atomic E-state index is 0.0655. The summed E-state index contributed by atoms with van der Waals surface area (Å²) in [6.07, 6.45) is 42.5. The molecule has 1 unspecified atom stereocenters. The van der Waals surface area contributed by atoms with Gasteiger partial charge in [-0.25, -0.2) is 0 Å². The number of hydrogen-bond acceptors (Lipinski definition) is 6. The van der Waals surface area contributed by atoms with Crippen LogP contribution in [0.3, 0.4) is 0 Å². The monoisotopic (exact) mass is 793 g/mol. The van der Waals surface area contributed by atoms with Crippen LogP contribution < -0.4 is 0 Å². The maximum atomic E-state index is 12.7. The summed E-state index contributed by atoms with van der Waals surface area (Å²) in [6.45, 7) is 11.3. The second-order valence-electron chi connectivity index (χ2n) is 17.8.